The standard InChI is InChI=1S/C15H17N3O4/c1-9-7-12(18-15(20)22-14(17-18)21-4)5-6-13(9)16-10(2)8-11(3)19/h5-8,16H,1-4H3. The number of rotatable bonds is 5. The van der Waals surface area contributed by atoms with Crippen molar-refractivity contribution >= 4 is 11.5 Å². The van der Waals surface area contributed by atoms with E-state index >= 15 is 0 Å². The Bertz CT molecular complexity index is 786. The number of carbonyl (C=O) groups is 1. The minimum atomic E-state index is -0.621. The van der Waals surface area contributed by atoms with Gasteiger partial charge in [0.1, 0.15) is 0 Å². The highest BCUT2D eigenvalue weighted by molar-refractivity contribution is 5.88. The molecular weight excluding hydrogens is 286 g/mol. The van der Waals surface area contributed by atoms with Crippen LogP contribution in [0.2, 0.25) is 0 Å². The number of nitrogens with one attached hydrogen (secondary N) is 1. The molecule has 1 heterocycles. The molecule has 0 aliphatic carbocycles. The Hall–Kier alpha value is -2.83. The van der Waals surface area contributed by atoms with E-state index in [1.54, 1.807) is 18.2 Å². The minimum Gasteiger partial charge on any atom is -0.452 e. The second kappa shape index (κ2) is 6.30. The van der Waals surface area contributed by atoms with Crippen molar-refractivity contribution in [3.05, 3.63) is 46.1 Å². The van der Waals surface area contributed by atoms with Crippen molar-refractivity contribution in [2.75, 3.05) is 12.4 Å². The first-order valence-corrected chi connectivity index (χ1v) is 6.62. The van der Waals surface area contributed by atoms with E-state index < -0.39 is 5.76 Å². The first-order valence-electron chi connectivity index (χ1n) is 6.62. The molecule has 0 amide bonds. The highest BCUT2D eigenvalue weighted by atomic mass is 16.6. The summed E-state index contributed by atoms with van der Waals surface area (Å²) in [6, 6.07) is 5.31. The van der Waals surface area contributed by atoms with Crippen molar-refractivity contribution < 1.29 is 13.9 Å². The number of aryl methyl sites for hydroxylation is 1. The van der Waals surface area contributed by atoms with E-state index in [4.69, 9.17) is 9.15 Å². The molecule has 0 radical (unpaired) electrons. The van der Waals surface area contributed by atoms with Gasteiger partial charge in [-0.2, -0.15) is 4.68 Å². The molecule has 0 aliphatic rings. The normalized spacial score (nSPS) is 11.4. The number of hydrogen-bond donors (Lipinski definition) is 1. The molecule has 0 spiro atoms. The van der Waals surface area contributed by atoms with Crippen LogP contribution in [-0.4, -0.2) is 22.7 Å². The lowest BCUT2D eigenvalue weighted by molar-refractivity contribution is -0.112. The zero-order valence-corrected chi connectivity index (χ0v) is 12.8. The van der Waals surface area contributed by atoms with Crippen LogP contribution >= 0.6 is 0 Å². The lowest BCUT2D eigenvalue weighted by atomic mass is 10.1. The number of allylic oxidation sites excluding steroid dienone is 2. The summed E-state index contributed by atoms with van der Waals surface area (Å²) in [5, 5.41) is 7.04. The summed E-state index contributed by atoms with van der Waals surface area (Å²) in [6.45, 7) is 5.18. The number of hydrogen-bond acceptors (Lipinski definition) is 6. The van der Waals surface area contributed by atoms with E-state index in [-0.39, 0.29) is 11.9 Å². The highest BCUT2D eigenvalue weighted by Gasteiger charge is 2.11. The maximum atomic E-state index is 11.7. The molecule has 116 valence electrons. The molecule has 22 heavy (non-hydrogen) atoms. The van der Waals surface area contributed by atoms with Crippen LogP contribution in [0.1, 0.15) is 19.4 Å². The average Bonchev–Trinajstić information content (AvgIpc) is 2.81. The number of benzene rings is 1. The Morgan fingerprint density at radius 3 is 2.68 bits per heavy atom. The fraction of sp³-hybridized carbons (Fsp3) is 0.267. The first-order chi connectivity index (χ1) is 10.4. The summed E-state index contributed by atoms with van der Waals surface area (Å²) in [6.07, 6.45) is 1.42. The monoisotopic (exact) mass is 303 g/mol. The second-order valence-electron chi connectivity index (χ2n) is 4.81. The lowest BCUT2D eigenvalue weighted by Gasteiger charge is -2.10. The van der Waals surface area contributed by atoms with E-state index in [1.807, 2.05) is 13.8 Å². The number of aromatic nitrogens is 2. The Morgan fingerprint density at radius 2 is 2.14 bits per heavy atom. The summed E-state index contributed by atoms with van der Waals surface area (Å²) in [7, 11) is 1.37. The Balaban J connectivity index is 2.31. The van der Waals surface area contributed by atoms with Gasteiger partial charge in [-0.05, 0) is 50.6 Å². The van der Waals surface area contributed by atoms with Crippen LogP contribution in [0.15, 0.2) is 39.2 Å². The van der Waals surface area contributed by atoms with Gasteiger partial charge in [0.15, 0.2) is 5.78 Å². The van der Waals surface area contributed by atoms with Gasteiger partial charge in [0.2, 0.25) is 0 Å². The largest absolute Gasteiger partial charge is 0.452 e. The predicted octanol–water partition coefficient (Wildman–Crippen LogP) is 2.05. The summed E-state index contributed by atoms with van der Waals surface area (Å²) in [4.78, 5) is 22.7. The van der Waals surface area contributed by atoms with Crippen molar-refractivity contribution in [1.29, 1.82) is 0 Å². The lowest BCUT2D eigenvalue weighted by Crippen LogP contribution is -2.13. The van der Waals surface area contributed by atoms with Crippen molar-refractivity contribution in [2.45, 2.75) is 20.8 Å². The number of methoxy groups -OCH3 is 1. The topological polar surface area (TPSA) is 86.4 Å². The van der Waals surface area contributed by atoms with Crippen molar-refractivity contribution in [1.82, 2.24) is 9.78 Å². The predicted molar refractivity (Wildman–Crippen MR) is 81.4 cm³/mol. The smallest absolute Gasteiger partial charge is 0.444 e. The molecule has 0 saturated carbocycles. The third kappa shape index (κ3) is 3.43. The van der Waals surface area contributed by atoms with Crippen molar-refractivity contribution in [2.24, 2.45) is 0 Å². The van der Waals surface area contributed by atoms with Crippen molar-refractivity contribution in [3.63, 3.8) is 0 Å². The average molecular weight is 303 g/mol. The Kier molecular flexibility index (Phi) is 4.45. The molecule has 1 aromatic carbocycles. The van der Waals surface area contributed by atoms with Crippen LogP contribution in [0.3, 0.4) is 0 Å². The summed E-state index contributed by atoms with van der Waals surface area (Å²) in [5.74, 6) is -0.648. The molecule has 0 saturated heterocycles. The number of ketones is 1. The molecule has 7 heteroatoms. The van der Waals surface area contributed by atoms with E-state index in [0.717, 1.165) is 21.6 Å². The fourth-order valence-corrected chi connectivity index (χ4v) is 1.98. The van der Waals surface area contributed by atoms with Gasteiger partial charge in [-0.3, -0.25) is 4.79 Å². The van der Waals surface area contributed by atoms with E-state index in [2.05, 4.69) is 10.4 Å². The highest BCUT2D eigenvalue weighted by Crippen LogP contribution is 2.20. The van der Waals surface area contributed by atoms with E-state index in [1.165, 1.54) is 20.1 Å². The van der Waals surface area contributed by atoms with E-state index in [9.17, 15) is 9.59 Å². The van der Waals surface area contributed by atoms with Crippen LogP contribution in [0.4, 0.5) is 5.69 Å². The number of ether oxygens (including phenoxy) is 1. The summed E-state index contributed by atoms with van der Waals surface area (Å²) < 4.78 is 10.7. The molecule has 0 atom stereocenters. The van der Waals surface area contributed by atoms with Gasteiger partial charge in [-0.25, -0.2) is 4.79 Å². The molecule has 2 aromatic rings. The molecule has 0 aliphatic heterocycles. The summed E-state index contributed by atoms with van der Waals surface area (Å²) in [5.41, 5.74) is 3.03. The number of nitrogens with zero attached hydrogens (tertiary/aromatic N) is 2. The van der Waals surface area contributed by atoms with Crippen LogP contribution < -0.4 is 15.8 Å². The molecule has 2 rings (SSSR count). The van der Waals surface area contributed by atoms with Crippen LogP contribution in [0, 0.1) is 6.92 Å². The van der Waals surface area contributed by atoms with Crippen LogP contribution in [-0.2, 0) is 4.79 Å². The van der Waals surface area contributed by atoms with Crippen molar-refractivity contribution in [3.8, 4) is 11.8 Å². The maximum Gasteiger partial charge on any atom is 0.444 e. The Morgan fingerprint density at radius 1 is 1.41 bits per heavy atom. The molecule has 7 nitrogen and oxygen atoms in total. The minimum absolute atomic E-state index is 0.0273. The number of anilines is 1. The second-order valence-corrected chi connectivity index (χ2v) is 4.81. The van der Waals surface area contributed by atoms with Gasteiger partial charge >= 0.3 is 11.8 Å². The third-order valence-corrected chi connectivity index (χ3v) is 2.91. The van der Waals surface area contributed by atoms with Gasteiger partial charge in [-0.1, -0.05) is 5.10 Å². The van der Waals surface area contributed by atoms with Gasteiger partial charge in [0, 0.05) is 11.4 Å². The van der Waals surface area contributed by atoms with Crippen LogP contribution in [0.5, 0.6) is 6.08 Å². The number of carbonyl (C=O) groups excluding carboxylic acids is 1. The van der Waals surface area contributed by atoms with Gasteiger partial charge in [0.05, 0.1) is 12.8 Å². The molecule has 1 N–H and O–H groups in total. The summed E-state index contributed by atoms with van der Waals surface area (Å²) >= 11 is 0. The zero-order chi connectivity index (χ0) is 16.3. The SMILES string of the molecule is COc1nn(-c2ccc(NC(C)=CC(C)=O)c(C)c2)c(=O)o1. The zero-order valence-electron chi connectivity index (χ0n) is 12.8. The van der Waals surface area contributed by atoms with E-state index in [0.29, 0.717) is 5.69 Å². The quantitative estimate of drug-likeness (QED) is 0.851. The Labute approximate surface area is 127 Å². The fourth-order valence-electron chi connectivity index (χ4n) is 1.98. The molecule has 1 aromatic heterocycles. The third-order valence-electron chi connectivity index (χ3n) is 2.91. The molecule has 0 bridgehead atoms. The molecule has 0 unspecified atom stereocenters. The first kappa shape index (κ1) is 15.6. The van der Waals surface area contributed by atoms with Crippen LogP contribution in [0.25, 0.3) is 5.69 Å². The van der Waals surface area contributed by atoms with Gasteiger partial charge in [-0.15, -0.1) is 0 Å². The van der Waals surface area contributed by atoms with Gasteiger partial charge in [0.25, 0.3) is 0 Å². The molecular formula is C15H17N3O4. The van der Waals surface area contributed by atoms with Gasteiger partial charge < -0.3 is 14.5 Å². The maximum absolute atomic E-state index is 11.7. The molecule has 0 fully saturated rings.